The number of imidazole rings is 2. The van der Waals surface area contributed by atoms with Crippen LogP contribution in [0.5, 0.6) is 5.75 Å². The number of amides is 1. The molecule has 1 saturated carbocycles. The van der Waals surface area contributed by atoms with Gasteiger partial charge in [-0.25, -0.2) is 4.98 Å². The second-order valence-electron chi connectivity index (χ2n) is 7.90. The topological polar surface area (TPSA) is 74.0 Å². The molecule has 166 valence electrons. The fourth-order valence-corrected chi connectivity index (χ4v) is 4.49. The fourth-order valence-electron chi connectivity index (χ4n) is 3.60. The standard InChI is InChI=1S/C25H23N5O2.W/c31-25-21-16-20(30-17-22(28-18-30)19-7-8-19)9-10-23(21)32-15-5-4-13-29-14-12-26-24(29)6-2-1-3-11-27-25;/h1-5,9-12,14,16-19H,7-8,13,15H2,(H,27,31);. The van der Waals surface area contributed by atoms with Crippen LogP contribution in [0.4, 0.5) is 0 Å². The van der Waals surface area contributed by atoms with Crippen LogP contribution in [0.3, 0.4) is 0 Å². The van der Waals surface area contributed by atoms with Gasteiger partial charge in [0.25, 0.3) is 0 Å². The molecule has 0 bridgehead atoms. The predicted octanol–water partition coefficient (Wildman–Crippen LogP) is 3.46. The number of fused-ring (bicyclic) bond motifs is 2. The minimum atomic E-state index is -0.225. The van der Waals surface area contributed by atoms with E-state index in [0.29, 0.717) is 30.4 Å². The Hall–Kier alpha value is -3.31. The van der Waals surface area contributed by atoms with Crippen LogP contribution in [-0.4, -0.2) is 35.5 Å². The summed E-state index contributed by atoms with van der Waals surface area (Å²) in [7, 11) is 0. The van der Waals surface area contributed by atoms with Gasteiger partial charge in [0.1, 0.15) is 0 Å². The van der Waals surface area contributed by atoms with Crippen LogP contribution in [0.15, 0.2) is 79.7 Å². The molecule has 0 atom stereocenters. The van der Waals surface area contributed by atoms with Crippen LogP contribution in [-0.2, 0) is 25.9 Å². The van der Waals surface area contributed by atoms with E-state index < -0.39 is 0 Å². The van der Waals surface area contributed by atoms with Crippen molar-refractivity contribution in [2.24, 2.45) is 0 Å². The number of rotatable bonds is 2. The zero-order chi connectivity index (χ0) is 22.6. The van der Waals surface area contributed by atoms with Gasteiger partial charge in [0.15, 0.2) is 0 Å². The number of benzene rings is 1. The predicted molar refractivity (Wildman–Crippen MR) is 122 cm³/mol. The molecule has 5 rings (SSSR count). The van der Waals surface area contributed by atoms with Crippen LogP contribution in [0.1, 0.15) is 40.6 Å². The fraction of sp³-hybridized carbons (Fsp3) is 0.200. The number of nitrogens with one attached hydrogen (secondary N) is 1. The van der Waals surface area contributed by atoms with Gasteiger partial charge in [0.05, 0.1) is 5.69 Å². The van der Waals surface area contributed by atoms with Gasteiger partial charge in [-0.05, 0) is 12.8 Å². The average Bonchev–Trinajstić information content (AvgIpc) is 3.36. The molecule has 2 aliphatic rings. The van der Waals surface area contributed by atoms with Crippen LogP contribution in [0.25, 0.3) is 5.69 Å². The van der Waals surface area contributed by atoms with E-state index in [0.717, 1.165) is 21.1 Å². The summed E-state index contributed by atoms with van der Waals surface area (Å²) in [6.45, 7) is 1.07. The second-order valence-corrected chi connectivity index (χ2v) is 9.48. The first-order valence-electron chi connectivity index (χ1n) is 10.8. The first kappa shape index (κ1) is 21.5. The number of hydrogen-bond acceptors (Lipinski definition) is 4. The van der Waals surface area contributed by atoms with Crippen molar-refractivity contribution in [2.75, 3.05) is 6.61 Å². The molecule has 1 aromatic carbocycles. The Balaban J connectivity index is 1.42. The molecule has 1 aliphatic heterocycles. The first-order valence-corrected chi connectivity index (χ1v) is 12.3. The molecular weight excluding hydrogens is 586 g/mol. The number of allylic oxidation sites excluding steroid dienone is 4. The molecule has 3 heterocycles. The summed E-state index contributed by atoms with van der Waals surface area (Å²) in [6, 6.07) is 5.64. The van der Waals surface area contributed by atoms with E-state index in [4.69, 9.17) is 4.74 Å². The normalized spacial score (nSPS) is 16.7. The summed E-state index contributed by atoms with van der Waals surface area (Å²) < 4.78 is 11.1. The molecule has 0 spiro atoms. The summed E-state index contributed by atoms with van der Waals surface area (Å²) in [5, 5.41) is 2.84. The average molecular weight is 609 g/mol. The van der Waals surface area contributed by atoms with Crippen molar-refractivity contribution in [3.05, 3.63) is 96.8 Å². The van der Waals surface area contributed by atoms with Crippen LogP contribution < -0.4 is 10.1 Å². The number of ether oxygens (including phenoxy) is 1. The van der Waals surface area contributed by atoms with E-state index in [2.05, 4.69) is 19.9 Å². The Bertz CT molecular complexity index is 1280. The van der Waals surface area contributed by atoms with Gasteiger partial charge < -0.3 is 0 Å². The van der Waals surface area contributed by atoms with Crippen molar-refractivity contribution >= 4 is 9.81 Å². The summed E-state index contributed by atoms with van der Waals surface area (Å²) in [5.41, 5.74) is 2.46. The van der Waals surface area contributed by atoms with E-state index in [1.807, 2.05) is 78.1 Å². The zero-order valence-electron chi connectivity index (χ0n) is 17.9. The van der Waals surface area contributed by atoms with Crippen LogP contribution >= 0.6 is 0 Å². The summed E-state index contributed by atoms with van der Waals surface area (Å²) in [4.78, 5) is 22.0. The third-order valence-electron chi connectivity index (χ3n) is 5.51. The number of carbonyl (C=O) groups excluding carboxylic acids is 1. The molecule has 0 radical (unpaired) electrons. The Morgan fingerprint density at radius 2 is 2.06 bits per heavy atom. The van der Waals surface area contributed by atoms with Gasteiger partial charge >= 0.3 is 174 Å². The Morgan fingerprint density at radius 3 is 2.94 bits per heavy atom. The molecular formula is C25H23N5O2W. The van der Waals surface area contributed by atoms with E-state index in [1.54, 1.807) is 6.20 Å². The van der Waals surface area contributed by atoms with Crippen molar-refractivity contribution in [3.8, 4) is 11.4 Å². The van der Waals surface area contributed by atoms with Crippen molar-refractivity contribution < 1.29 is 28.9 Å². The first-order chi connectivity index (χ1) is 16.2. The molecule has 3 aromatic rings. The van der Waals surface area contributed by atoms with Crippen molar-refractivity contribution in [2.45, 2.75) is 25.3 Å². The van der Waals surface area contributed by atoms with Crippen LogP contribution in [0, 0.1) is 0 Å². The number of hydrogen-bond donors (Lipinski definition) is 1. The quantitative estimate of drug-likeness (QED) is 0.452. The van der Waals surface area contributed by atoms with E-state index in [9.17, 15) is 4.79 Å². The number of nitrogens with zero attached hydrogens (tertiary/aromatic N) is 4. The Morgan fingerprint density at radius 1 is 1.15 bits per heavy atom. The molecule has 1 fully saturated rings. The molecule has 2 aromatic heterocycles. The third kappa shape index (κ3) is 5.04. The number of aromatic nitrogens is 4. The van der Waals surface area contributed by atoms with Gasteiger partial charge in [-0.2, -0.15) is 0 Å². The number of carbonyl (C=O) groups is 1. The molecule has 0 saturated heterocycles. The molecule has 1 aliphatic carbocycles. The van der Waals surface area contributed by atoms with Gasteiger partial charge in [-0.3, -0.25) is 0 Å². The Labute approximate surface area is 202 Å². The molecule has 7 nitrogen and oxygen atoms in total. The second kappa shape index (κ2) is 9.67. The maximum absolute atomic E-state index is 13.0. The summed E-state index contributed by atoms with van der Waals surface area (Å²) in [5.74, 6) is 1.83. The van der Waals surface area contributed by atoms with E-state index in [-0.39, 0.29) is 5.91 Å². The van der Waals surface area contributed by atoms with Crippen molar-refractivity contribution in [1.29, 1.82) is 0 Å². The summed E-state index contributed by atoms with van der Waals surface area (Å²) >= 11 is 1.32. The minimum absolute atomic E-state index is 0.225. The van der Waals surface area contributed by atoms with Crippen molar-refractivity contribution in [1.82, 2.24) is 24.4 Å². The monoisotopic (exact) mass is 609 g/mol. The third-order valence-corrected chi connectivity index (χ3v) is 6.66. The Kier molecular flexibility index (Phi) is 6.31. The molecule has 8 heteroatoms. The van der Waals surface area contributed by atoms with Crippen molar-refractivity contribution in [3.63, 3.8) is 0 Å². The molecule has 1 amide bonds. The molecule has 0 unspecified atom stereocenters. The van der Waals surface area contributed by atoms with Gasteiger partial charge in [0.2, 0.25) is 0 Å². The zero-order valence-corrected chi connectivity index (χ0v) is 20.9. The van der Waals surface area contributed by atoms with Gasteiger partial charge in [0, 0.05) is 5.92 Å². The van der Waals surface area contributed by atoms with E-state index in [1.165, 1.54) is 32.2 Å². The maximum atomic E-state index is 13.0. The molecule has 33 heavy (non-hydrogen) atoms. The molecule has 1 N–H and O–H groups in total. The summed E-state index contributed by atoms with van der Waals surface area (Å²) in [6.07, 6.45) is 21.4. The van der Waals surface area contributed by atoms with Crippen LogP contribution in [0.2, 0.25) is 0 Å². The van der Waals surface area contributed by atoms with Gasteiger partial charge in [-0.15, -0.1) is 0 Å². The van der Waals surface area contributed by atoms with E-state index >= 15 is 0 Å². The SMILES string of the molecule is O=C1NC=CC=C[C](=[W])c2nccn2CC=CCOc2ccc(-n3cnc(C4CC4)c3)cc21. The van der Waals surface area contributed by atoms with Gasteiger partial charge in [-0.1, -0.05) is 0 Å².